The van der Waals surface area contributed by atoms with Gasteiger partial charge in [0.2, 0.25) is 0 Å². The first-order valence-electron chi connectivity index (χ1n) is 7.45. The summed E-state index contributed by atoms with van der Waals surface area (Å²) in [4.78, 5) is 16.3. The normalized spacial score (nSPS) is 24.6. The Bertz CT molecular complexity index is 736. The number of hydrogen-bond acceptors (Lipinski definition) is 7. The van der Waals surface area contributed by atoms with Gasteiger partial charge in [-0.05, 0) is 25.8 Å². The zero-order chi connectivity index (χ0) is 15.1. The summed E-state index contributed by atoms with van der Waals surface area (Å²) in [6, 6.07) is 3.45. The fraction of sp³-hybridized carbons (Fsp3) is 0.571. The Balaban J connectivity index is 1.60. The van der Waals surface area contributed by atoms with Crippen molar-refractivity contribution in [3.63, 3.8) is 0 Å². The third-order valence-corrected chi connectivity index (χ3v) is 4.04. The number of aromatic nitrogens is 4. The van der Waals surface area contributed by atoms with E-state index in [1.54, 1.807) is 13.0 Å². The molecule has 8 heteroatoms. The number of hydrogen-bond donors (Lipinski definition) is 1. The Hall–Kier alpha value is -2.22. The Labute approximate surface area is 126 Å². The summed E-state index contributed by atoms with van der Waals surface area (Å²) in [5, 5.41) is 11.4. The van der Waals surface area contributed by atoms with Crippen molar-refractivity contribution in [2.24, 2.45) is 0 Å². The quantitative estimate of drug-likeness (QED) is 0.895. The molecule has 0 radical (unpaired) electrons. The number of nitrogens with zero attached hydrogens (tertiary/aromatic N) is 4. The second-order valence-electron chi connectivity index (χ2n) is 5.82. The van der Waals surface area contributed by atoms with Crippen LogP contribution in [-0.4, -0.2) is 39.2 Å². The van der Waals surface area contributed by atoms with Gasteiger partial charge in [-0.2, -0.15) is 10.1 Å². The van der Waals surface area contributed by atoms with Crippen molar-refractivity contribution in [1.29, 1.82) is 0 Å². The fourth-order valence-corrected chi connectivity index (χ4v) is 2.71. The first kappa shape index (κ1) is 13.4. The van der Waals surface area contributed by atoms with Crippen LogP contribution in [0, 0.1) is 6.92 Å². The van der Waals surface area contributed by atoms with Crippen molar-refractivity contribution in [1.82, 2.24) is 19.9 Å². The van der Waals surface area contributed by atoms with Crippen molar-refractivity contribution >= 4 is 6.01 Å². The molecule has 0 bridgehead atoms. The monoisotopic (exact) mass is 303 g/mol. The van der Waals surface area contributed by atoms with Gasteiger partial charge in [-0.25, -0.2) is 4.68 Å². The van der Waals surface area contributed by atoms with Gasteiger partial charge < -0.3 is 14.6 Å². The van der Waals surface area contributed by atoms with E-state index in [-0.39, 0.29) is 17.6 Å². The third-order valence-electron chi connectivity index (χ3n) is 4.04. The first-order valence-corrected chi connectivity index (χ1v) is 7.45. The molecular formula is C14H17N5O3. The maximum atomic E-state index is 12.2. The molecule has 0 amide bonds. The topological polar surface area (TPSA) is 95.1 Å². The van der Waals surface area contributed by atoms with Crippen LogP contribution in [-0.2, 0) is 4.74 Å². The number of ether oxygens (including phenoxy) is 1. The average Bonchev–Trinajstić information content (AvgIpc) is 3.13. The molecule has 2 aromatic rings. The molecule has 2 unspecified atom stereocenters. The summed E-state index contributed by atoms with van der Waals surface area (Å²) in [5.74, 6) is 1.06. The van der Waals surface area contributed by atoms with E-state index in [0.717, 1.165) is 18.5 Å². The predicted octanol–water partition coefficient (Wildman–Crippen LogP) is 0.864. The molecule has 1 saturated carbocycles. The van der Waals surface area contributed by atoms with Crippen LogP contribution in [0.3, 0.4) is 0 Å². The molecule has 22 heavy (non-hydrogen) atoms. The van der Waals surface area contributed by atoms with Crippen molar-refractivity contribution in [2.75, 3.05) is 18.5 Å². The van der Waals surface area contributed by atoms with E-state index >= 15 is 0 Å². The van der Waals surface area contributed by atoms with Crippen molar-refractivity contribution in [2.45, 2.75) is 37.8 Å². The van der Waals surface area contributed by atoms with Gasteiger partial charge in [0.15, 0.2) is 5.82 Å². The first-order chi connectivity index (χ1) is 10.7. The standard InChI is InChI=1S/C14H17N5O3/c1-8-15-14(22-18-8)16-11-6-21-7-12(11)19-13(20)5-4-10(17-19)9-2-3-9/h4-5,9,11-12H,2-3,6-7H2,1H3,(H,15,16,18). The molecule has 0 spiro atoms. The number of anilines is 1. The summed E-state index contributed by atoms with van der Waals surface area (Å²) in [6.45, 7) is 2.65. The average molecular weight is 303 g/mol. The van der Waals surface area contributed by atoms with Crippen LogP contribution in [0.15, 0.2) is 21.5 Å². The summed E-state index contributed by atoms with van der Waals surface area (Å²) >= 11 is 0. The van der Waals surface area contributed by atoms with Crippen molar-refractivity contribution < 1.29 is 9.26 Å². The van der Waals surface area contributed by atoms with Gasteiger partial charge in [0.1, 0.15) is 6.04 Å². The van der Waals surface area contributed by atoms with Crippen LogP contribution in [0.25, 0.3) is 0 Å². The predicted molar refractivity (Wildman–Crippen MR) is 76.8 cm³/mol. The molecule has 4 rings (SSSR count). The molecule has 2 fully saturated rings. The Morgan fingerprint density at radius 3 is 2.91 bits per heavy atom. The van der Waals surface area contributed by atoms with Gasteiger partial charge in [0.25, 0.3) is 5.56 Å². The highest BCUT2D eigenvalue weighted by atomic mass is 16.5. The molecule has 2 aliphatic rings. The molecule has 0 aromatic carbocycles. The van der Waals surface area contributed by atoms with Gasteiger partial charge >= 0.3 is 6.01 Å². The van der Waals surface area contributed by atoms with Crippen LogP contribution in [0.4, 0.5) is 6.01 Å². The lowest BCUT2D eigenvalue weighted by molar-refractivity contribution is 0.182. The van der Waals surface area contributed by atoms with Gasteiger partial charge in [-0.3, -0.25) is 4.79 Å². The minimum atomic E-state index is -0.182. The smallest absolute Gasteiger partial charge is 0.321 e. The molecule has 1 N–H and O–H groups in total. The summed E-state index contributed by atoms with van der Waals surface area (Å²) in [5.41, 5.74) is 0.868. The highest BCUT2D eigenvalue weighted by Crippen LogP contribution is 2.38. The number of nitrogens with one attached hydrogen (secondary N) is 1. The molecular weight excluding hydrogens is 286 g/mol. The summed E-state index contributed by atoms with van der Waals surface area (Å²) in [7, 11) is 0. The van der Waals surface area contributed by atoms with E-state index in [1.807, 2.05) is 6.07 Å². The lowest BCUT2D eigenvalue weighted by Crippen LogP contribution is -2.37. The molecule has 2 aromatic heterocycles. The molecule has 8 nitrogen and oxygen atoms in total. The third kappa shape index (κ3) is 2.50. The van der Waals surface area contributed by atoms with Crippen LogP contribution in [0.2, 0.25) is 0 Å². The Morgan fingerprint density at radius 2 is 2.18 bits per heavy atom. The maximum Gasteiger partial charge on any atom is 0.321 e. The second-order valence-corrected chi connectivity index (χ2v) is 5.82. The van der Waals surface area contributed by atoms with Crippen LogP contribution in [0.5, 0.6) is 0 Å². The molecule has 1 aliphatic carbocycles. The molecule has 116 valence electrons. The minimum Gasteiger partial charge on any atom is -0.377 e. The molecule has 1 saturated heterocycles. The van der Waals surface area contributed by atoms with Crippen LogP contribution in [0.1, 0.15) is 36.3 Å². The van der Waals surface area contributed by atoms with Crippen molar-refractivity contribution in [3.05, 3.63) is 34.0 Å². The lowest BCUT2D eigenvalue weighted by Gasteiger charge is -2.19. The van der Waals surface area contributed by atoms with E-state index < -0.39 is 0 Å². The molecule has 1 aliphatic heterocycles. The summed E-state index contributed by atoms with van der Waals surface area (Å²) in [6.07, 6.45) is 2.30. The summed E-state index contributed by atoms with van der Waals surface area (Å²) < 4.78 is 12.1. The van der Waals surface area contributed by atoms with Crippen molar-refractivity contribution in [3.8, 4) is 0 Å². The Morgan fingerprint density at radius 1 is 1.32 bits per heavy atom. The molecule has 2 atom stereocenters. The lowest BCUT2D eigenvalue weighted by atomic mass is 10.1. The van der Waals surface area contributed by atoms with E-state index in [2.05, 4.69) is 20.6 Å². The SMILES string of the molecule is Cc1noc(NC2COCC2n2nc(C3CC3)ccc2=O)n1. The van der Waals surface area contributed by atoms with Gasteiger partial charge in [-0.1, -0.05) is 5.16 Å². The van der Waals surface area contributed by atoms with Gasteiger partial charge in [0.05, 0.1) is 24.9 Å². The number of rotatable bonds is 4. The van der Waals surface area contributed by atoms with E-state index in [4.69, 9.17) is 9.26 Å². The zero-order valence-corrected chi connectivity index (χ0v) is 12.2. The van der Waals surface area contributed by atoms with E-state index in [0.29, 0.717) is 31.0 Å². The Kier molecular flexibility index (Phi) is 3.18. The zero-order valence-electron chi connectivity index (χ0n) is 12.2. The highest BCUT2D eigenvalue weighted by molar-refractivity contribution is 5.22. The fourth-order valence-electron chi connectivity index (χ4n) is 2.71. The molecule has 3 heterocycles. The van der Waals surface area contributed by atoms with Crippen LogP contribution >= 0.6 is 0 Å². The number of aryl methyl sites for hydroxylation is 1. The highest BCUT2D eigenvalue weighted by Gasteiger charge is 2.34. The van der Waals surface area contributed by atoms with Crippen LogP contribution < -0.4 is 10.9 Å². The second kappa shape index (κ2) is 5.20. The van der Waals surface area contributed by atoms with E-state index in [9.17, 15) is 4.79 Å². The van der Waals surface area contributed by atoms with Gasteiger partial charge in [0, 0.05) is 12.0 Å². The van der Waals surface area contributed by atoms with E-state index in [1.165, 1.54) is 4.68 Å². The largest absolute Gasteiger partial charge is 0.377 e. The maximum absolute atomic E-state index is 12.2. The minimum absolute atomic E-state index is 0.117. The van der Waals surface area contributed by atoms with Gasteiger partial charge in [-0.15, -0.1) is 0 Å².